The topological polar surface area (TPSA) is 234 Å². The summed E-state index contributed by atoms with van der Waals surface area (Å²) in [5, 5.41) is 34.8. The first-order chi connectivity index (χ1) is 14.4. The van der Waals surface area contributed by atoms with Crippen LogP contribution in [0.1, 0.15) is 26.2 Å². The number of hydrogen-bond acceptors (Lipinski definition) is 9. The molecular formula is C17H31N5O8S. The summed E-state index contributed by atoms with van der Waals surface area (Å²) < 4.78 is 0. The van der Waals surface area contributed by atoms with Gasteiger partial charge in [-0.2, -0.15) is 11.8 Å². The molecule has 0 radical (unpaired) electrons. The van der Waals surface area contributed by atoms with Gasteiger partial charge in [-0.3, -0.25) is 19.2 Å². The average molecular weight is 466 g/mol. The SMILES string of the molecule is CSCCC(NC(=O)C(N)C(C)O)C(=O)NC(CO)C(=O)NC(CCC(N)=O)C(=O)O. The molecular weight excluding hydrogens is 434 g/mol. The predicted octanol–water partition coefficient (Wildman–Crippen LogP) is -3.76. The molecule has 14 heteroatoms. The van der Waals surface area contributed by atoms with Crippen LogP contribution >= 0.6 is 11.8 Å². The smallest absolute Gasteiger partial charge is 0.326 e. The Morgan fingerprint density at radius 1 is 0.935 bits per heavy atom. The van der Waals surface area contributed by atoms with E-state index >= 15 is 0 Å². The molecule has 0 spiro atoms. The van der Waals surface area contributed by atoms with Crippen molar-refractivity contribution in [2.75, 3.05) is 18.6 Å². The standard InChI is InChI=1S/C17H31N5O8S/c1-8(24)13(19)16(28)20-9(5-6-31-2)14(26)22-11(7-23)15(27)21-10(17(29)30)3-4-12(18)25/h8-11,13,23-24H,3-7,19H2,1-2H3,(H2,18,25)(H,20,28)(H,21,27)(H,22,26)(H,29,30). The van der Waals surface area contributed by atoms with Gasteiger partial charge in [-0.15, -0.1) is 0 Å². The number of hydrogen-bond donors (Lipinski definition) is 8. The van der Waals surface area contributed by atoms with Crippen molar-refractivity contribution < 1.29 is 39.3 Å². The monoisotopic (exact) mass is 465 g/mol. The maximum atomic E-state index is 12.6. The van der Waals surface area contributed by atoms with E-state index in [9.17, 15) is 34.2 Å². The summed E-state index contributed by atoms with van der Waals surface area (Å²) in [6.07, 6.45) is 0.224. The molecule has 178 valence electrons. The van der Waals surface area contributed by atoms with E-state index in [4.69, 9.17) is 16.6 Å². The van der Waals surface area contributed by atoms with Crippen LogP contribution in [-0.2, 0) is 24.0 Å². The second kappa shape index (κ2) is 14.6. The lowest BCUT2D eigenvalue weighted by atomic mass is 10.1. The van der Waals surface area contributed by atoms with E-state index in [0.717, 1.165) is 0 Å². The van der Waals surface area contributed by atoms with Crippen LogP contribution in [-0.4, -0.2) is 93.8 Å². The molecule has 0 aliphatic heterocycles. The summed E-state index contributed by atoms with van der Waals surface area (Å²) in [6, 6.07) is -5.36. The van der Waals surface area contributed by atoms with Crippen LogP contribution in [0.2, 0.25) is 0 Å². The van der Waals surface area contributed by atoms with Gasteiger partial charge in [0.15, 0.2) is 0 Å². The lowest BCUT2D eigenvalue weighted by Crippen LogP contribution is -2.59. The van der Waals surface area contributed by atoms with Crippen molar-refractivity contribution in [2.45, 2.75) is 56.5 Å². The highest BCUT2D eigenvalue weighted by Crippen LogP contribution is 2.04. The summed E-state index contributed by atoms with van der Waals surface area (Å²) in [6.45, 7) is 0.459. The third kappa shape index (κ3) is 11.0. The first-order valence-corrected chi connectivity index (χ1v) is 10.8. The fourth-order valence-electron chi connectivity index (χ4n) is 2.27. The fourth-order valence-corrected chi connectivity index (χ4v) is 2.75. The van der Waals surface area contributed by atoms with E-state index in [2.05, 4.69) is 16.0 Å². The minimum absolute atomic E-state index is 0.168. The molecule has 13 nitrogen and oxygen atoms in total. The second-order valence-electron chi connectivity index (χ2n) is 6.76. The van der Waals surface area contributed by atoms with E-state index < -0.39 is 66.5 Å². The number of amides is 4. The molecule has 4 amide bonds. The van der Waals surface area contributed by atoms with Gasteiger partial charge in [0.1, 0.15) is 24.2 Å². The molecule has 0 aromatic rings. The van der Waals surface area contributed by atoms with E-state index in [1.807, 2.05) is 0 Å². The number of aliphatic hydroxyl groups excluding tert-OH is 2. The highest BCUT2D eigenvalue weighted by atomic mass is 32.2. The molecule has 0 aliphatic carbocycles. The maximum Gasteiger partial charge on any atom is 0.326 e. The van der Waals surface area contributed by atoms with Gasteiger partial charge in [0.2, 0.25) is 23.6 Å². The number of nitrogens with one attached hydrogen (secondary N) is 3. The Hall–Kier alpha value is -2.42. The molecule has 0 aromatic heterocycles. The summed E-state index contributed by atoms with van der Waals surface area (Å²) in [5.41, 5.74) is 10.5. The number of carboxylic acid groups (broad SMARTS) is 1. The summed E-state index contributed by atoms with van der Waals surface area (Å²) in [4.78, 5) is 59.1. The molecule has 0 heterocycles. The molecule has 0 rings (SSSR count). The van der Waals surface area contributed by atoms with E-state index in [1.165, 1.54) is 18.7 Å². The molecule has 0 saturated carbocycles. The number of nitrogens with two attached hydrogens (primary N) is 2. The first-order valence-electron chi connectivity index (χ1n) is 9.40. The van der Waals surface area contributed by atoms with Gasteiger partial charge in [0.05, 0.1) is 12.7 Å². The van der Waals surface area contributed by atoms with E-state index in [-0.39, 0.29) is 19.3 Å². The molecule has 10 N–H and O–H groups in total. The van der Waals surface area contributed by atoms with Crippen LogP contribution < -0.4 is 27.4 Å². The first kappa shape index (κ1) is 28.6. The van der Waals surface area contributed by atoms with Crippen LogP contribution in [0.4, 0.5) is 0 Å². The van der Waals surface area contributed by atoms with Crippen LogP contribution in [0.15, 0.2) is 0 Å². The van der Waals surface area contributed by atoms with Crippen molar-refractivity contribution in [3.8, 4) is 0 Å². The number of thioether (sulfide) groups is 1. The van der Waals surface area contributed by atoms with Crippen molar-refractivity contribution in [1.82, 2.24) is 16.0 Å². The third-order valence-corrected chi connectivity index (χ3v) is 4.82. The van der Waals surface area contributed by atoms with Crippen LogP contribution in [0.5, 0.6) is 0 Å². The number of carboxylic acids is 1. The molecule has 31 heavy (non-hydrogen) atoms. The molecule has 5 unspecified atom stereocenters. The number of primary amides is 1. The van der Waals surface area contributed by atoms with Gasteiger partial charge in [-0.05, 0) is 31.8 Å². The molecule has 5 atom stereocenters. The second-order valence-corrected chi connectivity index (χ2v) is 7.74. The molecule has 0 saturated heterocycles. The average Bonchev–Trinajstić information content (AvgIpc) is 2.70. The number of aliphatic carboxylic acids is 1. The zero-order valence-corrected chi connectivity index (χ0v) is 18.2. The number of aliphatic hydroxyl groups is 2. The number of rotatable bonds is 15. The highest BCUT2D eigenvalue weighted by Gasteiger charge is 2.30. The molecule has 0 aliphatic rings. The largest absolute Gasteiger partial charge is 0.480 e. The molecule has 0 bridgehead atoms. The fraction of sp³-hybridized carbons (Fsp3) is 0.706. The zero-order valence-electron chi connectivity index (χ0n) is 17.4. The Morgan fingerprint density at radius 2 is 1.45 bits per heavy atom. The van der Waals surface area contributed by atoms with Crippen molar-refractivity contribution in [2.24, 2.45) is 11.5 Å². The lowest BCUT2D eigenvalue weighted by molar-refractivity contribution is -0.143. The van der Waals surface area contributed by atoms with Crippen LogP contribution in [0.3, 0.4) is 0 Å². The minimum atomic E-state index is -1.51. The quantitative estimate of drug-likeness (QED) is 0.118. The Balaban J connectivity index is 5.19. The predicted molar refractivity (Wildman–Crippen MR) is 112 cm³/mol. The Kier molecular flexibility index (Phi) is 13.4. The summed E-state index contributed by atoms with van der Waals surface area (Å²) in [5.74, 6) is -4.29. The molecule has 0 aromatic carbocycles. The number of carbonyl (C=O) groups is 5. The Bertz CT molecular complexity index is 648. The van der Waals surface area contributed by atoms with Crippen molar-refractivity contribution in [3.05, 3.63) is 0 Å². The van der Waals surface area contributed by atoms with Gasteiger partial charge in [-0.1, -0.05) is 0 Å². The van der Waals surface area contributed by atoms with Gasteiger partial charge in [0, 0.05) is 6.42 Å². The van der Waals surface area contributed by atoms with Crippen LogP contribution in [0.25, 0.3) is 0 Å². The van der Waals surface area contributed by atoms with Gasteiger partial charge in [-0.25, -0.2) is 4.79 Å². The Morgan fingerprint density at radius 3 is 1.90 bits per heavy atom. The highest BCUT2D eigenvalue weighted by molar-refractivity contribution is 7.98. The van der Waals surface area contributed by atoms with Crippen molar-refractivity contribution >= 4 is 41.4 Å². The summed E-state index contributed by atoms with van der Waals surface area (Å²) >= 11 is 1.40. The van der Waals surface area contributed by atoms with Crippen LogP contribution in [0, 0.1) is 0 Å². The summed E-state index contributed by atoms with van der Waals surface area (Å²) in [7, 11) is 0. The van der Waals surface area contributed by atoms with Gasteiger partial charge in [0.25, 0.3) is 0 Å². The number of carbonyl (C=O) groups excluding carboxylic acids is 4. The third-order valence-electron chi connectivity index (χ3n) is 4.18. The maximum absolute atomic E-state index is 12.6. The van der Waals surface area contributed by atoms with Crippen molar-refractivity contribution in [1.29, 1.82) is 0 Å². The zero-order chi connectivity index (χ0) is 24.1. The van der Waals surface area contributed by atoms with E-state index in [0.29, 0.717) is 5.75 Å². The Labute approximate surface area is 183 Å². The minimum Gasteiger partial charge on any atom is -0.480 e. The lowest BCUT2D eigenvalue weighted by Gasteiger charge is -2.24. The van der Waals surface area contributed by atoms with Crippen molar-refractivity contribution in [3.63, 3.8) is 0 Å². The van der Waals surface area contributed by atoms with E-state index in [1.54, 1.807) is 6.26 Å². The van der Waals surface area contributed by atoms with Gasteiger partial charge < -0.3 is 42.7 Å². The normalized spacial score (nSPS) is 15.6. The molecule has 0 fully saturated rings. The van der Waals surface area contributed by atoms with Gasteiger partial charge >= 0.3 is 5.97 Å².